The standard InChI is InChI=1S/C22H21ClFN5O/c1-30-15-3-6-29(12-15)19-8-13(7-18(23)20(19)24)16-9-17(16)14-10-27-22(28-11-14)21-25-4-2-5-26-21/h2,4-5,7-8,10-11,15-17H,3,6,9,12H2,1H3/t15-,16?,17?/m1/s1. The van der Waals surface area contributed by atoms with E-state index in [1.54, 1.807) is 31.6 Å². The van der Waals surface area contributed by atoms with Gasteiger partial charge in [-0.25, -0.2) is 24.3 Å². The molecule has 2 fully saturated rings. The molecule has 6 nitrogen and oxygen atoms in total. The second-order valence-electron chi connectivity index (χ2n) is 7.79. The lowest BCUT2D eigenvalue weighted by Gasteiger charge is -2.21. The molecule has 2 aromatic heterocycles. The number of benzene rings is 1. The third-order valence-electron chi connectivity index (χ3n) is 5.93. The van der Waals surface area contributed by atoms with Gasteiger partial charge < -0.3 is 9.64 Å². The Morgan fingerprint density at radius 1 is 1.03 bits per heavy atom. The Balaban J connectivity index is 1.35. The maximum atomic E-state index is 14.7. The van der Waals surface area contributed by atoms with Crippen molar-refractivity contribution in [2.75, 3.05) is 25.1 Å². The summed E-state index contributed by atoms with van der Waals surface area (Å²) >= 11 is 6.25. The third-order valence-corrected chi connectivity index (χ3v) is 6.21. The van der Waals surface area contributed by atoms with Crippen LogP contribution >= 0.6 is 11.6 Å². The van der Waals surface area contributed by atoms with E-state index in [0.717, 1.165) is 30.5 Å². The second-order valence-corrected chi connectivity index (χ2v) is 8.20. The van der Waals surface area contributed by atoms with Crippen molar-refractivity contribution >= 4 is 17.3 Å². The number of halogens is 2. The van der Waals surface area contributed by atoms with Gasteiger partial charge in [-0.15, -0.1) is 0 Å². The highest BCUT2D eigenvalue weighted by molar-refractivity contribution is 6.31. The Bertz CT molecular complexity index is 1050. The summed E-state index contributed by atoms with van der Waals surface area (Å²) in [7, 11) is 1.69. The molecule has 1 saturated heterocycles. The van der Waals surface area contributed by atoms with Crippen molar-refractivity contribution in [1.29, 1.82) is 0 Å². The van der Waals surface area contributed by atoms with Gasteiger partial charge in [-0.05, 0) is 54.0 Å². The minimum atomic E-state index is -0.357. The van der Waals surface area contributed by atoms with E-state index in [-0.39, 0.29) is 22.9 Å². The molecule has 0 radical (unpaired) electrons. The number of ether oxygens (including phenoxy) is 1. The molecule has 3 aromatic rings. The monoisotopic (exact) mass is 425 g/mol. The minimum absolute atomic E-state index is 0.129. The third kappa shape index (κ3) is 3.63. The zero-order valence-corrected chi connectivity index (χ0v) is 17.3. The molecule has 1 saturated carbocycles. The van der Waals surface area contributed by atoms with Crippen LogP contribution in [-0.2, 0) is 4.74 Å². The van der Waals surface area contributed by atoms with Gasteiger partial charge in [0.25, 0.3) is 0 Å². The normalized spacial score (nSPS) is 23.0. The Kier molecular flexibility index (Phi) is 5.08. The molecule has 0 amide bonds. The van der Waals surface area contributed by atoms with Gasteiger partial charge >= 0.3 is 0 Å². The summed E-state index contributed by atoms with van der Waals surface area (Å²) in [6, 6.07) is 5.45. The van der Waals surface area contributed by atoms with Crippen molar-refractivity contribution in [2.45, 2.75) is 30.8 Å². The van der Waals surface area contributed by atoms with E-state index in [9.17, 15) is 4.39 Å². The molecule has 2 aliphatic rings. The SMILES string of the molecule is CO[C@@H]1CCN(c2cc(C3CC3c3cnc(-c4ncccn4)nc3)cc(Cl)c2F)C1. The Morgan fingerprint density at radius 3 is 2.43 bits per heavy atom. The van der Waals surface area contributed by atoms with E-state index in [0.29, 0.717) is 29.8 Å². The highest BCUT2D eigenvalue weighted by atomic mass is 35.5. The molecular formula is C22H21ClFN5O. The van der Waals surface area contributed by atoms with Crippen LogP contribution in [0.15, 0.2) is 43.0 Å². The number of rotatable bonds is 5. The van der Waals surface area contributed by atoms with E-state index in [4.69, 9.17) is 16.3 Å². The van der Waals surface area contributed by atoms with Crippen LogP contribution in [0.4, 0.5) is 10.1 Å². The van der Waals surface area contributed by atoms with E-state index in [1.165, 1.54) is 0 Å². The Morgan fingerprint density at radius 2 is 1.73 bits per heavy atom. The van der Waals surface area contributed by atoms with Crippen LogP contribution in [0.1, 0.15) is 35.8 Å². The van der Waals surface area contributed by atoms with Crippen LogP contribution in [-0.4, -0.2) is 46.2 Å². The highest BCUT2D eigenvalue weighted by Gasteiger charge is 2.41. The molecular weight excluding hydrogens is 405 g/mol. The average molecular weight is 426 g/mol. The molecule has 0 bridgehead atoms. The molecule has 8 heteroatoms. The first-order valence-electron chi connectivity index (χ1n) is 10.00. The van der Waals surface area contributed by atoms with Crippen molar-refractivity contribution < 1.29 is 9.13 Å². The molecule has 3 atom stereocenters. The number of nitrogens with zero attached hydrogens (tertiary/aromatic N) is 5. The first kappa shape index (κ1) is 19.3. The molecule has 1 aliphatic heterocycles. The largest absolute Gasteiger partial charge is 0.380 e. The summed E-state index contributed by atoms with van der Waals surface area (Å²) in [5.74, 6) is 1.24. The zero-order chi connectivity index (χ0) is 20.7. The minimum Gasteiger partial charge on any atom is -0.380 e. The fourth-order valence-corrected chi connectivity index (χ4v) is 4.39. The lowest BCUT2D eigenvalue weighted by Crippen LogP contribution is -2.23. The number of hydrogen-bond acceptors (Lipinski definition) is 6. The van der Waals surface area contributed by atoms with Crippen LogP contribution in [0.2, 0.25) is 5.02 Å². The lowest BCUT2D eigenvalue weighted by molar-refractivity contribution is 0.121. The zero-order valence-electron chi connectivity index (χ0n) is 16.5. The van der Waals surface area contributed by atoms with E-state index in [1.807, 2.05) is 23.4 Å². The van der Waals surface area contributed by atoms with Gasteiger partial charge in [0.2, 0.25) is 0 Å². The topological polar surface area (TPSA) is 64.0 Å². The van der Waals surface area contributed by atoms with Gasteiger partial charge in [0, 0.05) is 45.0 Å². The Labute approximate surface area is 179 Å². The summed E-state index contributed by atoms with van der Waals surface area (Å²) in [4.78, 5) is 19.2. The maximum Gasteiger partial charge on any atom is 0.197 e. The van der Waals surface area contributed by atoms with Gasteiger partial charge in [0.15, 0.2) is 17.5 Å². The van der Waals surface area contributed by atoms with Gasteiger partial charge in [-0.1, -0.05) is 11.6 Å². The van der Waals surface area contributed by atoms with Crippen LogP contribution < -0.4 is 4.90 Å². The van der Waals surface area contributed by atoms with Gasteiger partial charge in [-0.2, -0.15) is 0 Å². The van der Waals surface area contributed by atoms with Crippen LogP contribution in [0.5, 0.6) is 0 Å². The quantitative estimate of drug-likeness (QED) is 0.609. The van der Waals surface area contributed by atoms with E-state index in [2.05, 4.69) is 19.9 Å². The lowest BCUT2D eigenvalue weighted by atomic mass is 10.1. The molecule has 1 aromatic carbocycles. The summed E-state index contributed by atoms with van der Waals surface area (Å²) in [6.45, 7) is 1.44. The highest BCUT2D eigenvalue weighted by Crippen LogP contribution is 2.55. The fraction of sp³-hybridized carbons (Fsp3) is 0.364. The molecule has 154 valence electrons. The molecule has 1 aliphatic carbocycles. The number of hydrogen-bond donors (Lipinski definition) is 0. The molecule has 3 heterocycles. The van der Waals surface area contributed by atoms with Crippen LogP contribution in [0.25, 0.3) is 11.6 Å². The number of aromatic nitrogens is 4. The van der Waals surface area contributed by atoms with E-state index < -0.39 is 0 Å². The summed E-state index contributed by atoms with van der Waals surface area (Å²) in [5, 5.41) is 0.168. The summed E-state index contributed by atoms with van der Waals surface area (Å²) in [5.41, 5.74) is 2.68. The number of anilines is 1. The summed E-state index contributed by atoms with van der Waals surface area (Å²) in [6.07, 6.45) is 8.98. The molecule has 5 rings (SSSR count). The predicted molar refractivity (Wildman–Crippen MR) is 112 cm³/mol. The van der Waals surface area contributed by atoms with Gasteiger partial charge in [0.1, 0.15) is 0 Å². The van der Waals surface area contributed by atoms with Crippen molar-refractivity contribution in [3.63, 3.8) is 0 Å². The predicted octanol–water partition coefficient (Wildman–Crippen LogP) is 4.22. The molecule has 30 heavy (non-hydrogen) atoms. The molecule has 2 unspecified atom stereocenters. The maximum absolute atomic E-state index is 14.7. The van der Waals surface area contributed by atoms with Crippen molar-refractivity contribution in [1.82, 2.24) is 19.9 Å². The van der Waals surface area contributed by atoms with Gasteiger partial charge in [0.05, 0.1) is 16.8 Å². The van der Waals surface area contributed by atoms with Crippen molar-refractivity contribution in [2.24, 2.45) is 0 Å². The average Bonchev–Trinajstić information content (AvgIpc) is 3.45. The van der Waals surface area contributed by atoms with E-state index >= 15 is 0 Å². The van der Waals surface area contributed by atoms with Crippen molar-refractivity contribution in [3.05, 3.63) is 65.0 Å². The molecule has 0 spiro atoms. The number of methoxy groups -OCH3 is 1. The Hall–Kier alpha value is -2.64. The van der Waals surface area contributed by atoms with Crippen LogP contribution in [0.3, 0.4) is 0 Å². The van der Waals surface area contributed by atoms with Crippen molar-refractivity contribution in [3.8, 4) is 11.6 Å². The first-order chi connectivity index (χ1) is 14.6. The molecule has 0 N–H and O–H groups in total. The van der Waals surface area contributed by atoms with Gasteiger partial charge in [-0.3, -0.25) is 0 Å². The second kappa shape index (κ2) is 7.89. The first-order valence-corrected chi connectivity index (χ1v) is 10.4. The smallest absolute Gasteiger partial charge is 0.197 e. The summed E-state index contributed by atoms with van der Waals surface area (Å²) < 4.78 is 20.1. The van der Waals surface area contributed by atoms with Crippen LogP contribution in [0, 0.1) is 5.82 Å². The fourth-order valence-electron chi connectivity index (χ4n) is 4.17.